The summed E-state index contributed by atoms with van der Waals surface area (Å²) in [5.74, 6) is 0. The molecule has 1 rings (SSSR count). The molecule has 0 saturated carbocycles. The van der Waals surface area contributed by atoms with Crippen molar-refractivity contribution in [3.63, 3.8) is 0 Å². The van der Waals surface area contributed by atoms with Crippen molar-refractivity contribution < 1.29 is 0 Å². The van der Waals surface area contributed by atoms with Gasteiger partial charge in [-0.15, -0.1) is 0 Å². The van der Waals surface area contributed by atoms with Gasteiger partial charge in [-0.25, -0.2) is 4.98 Å². The van der Waals surface area contributed by atoms with Crippen molar-refractivity contribution in [3.05, 3.63) is 13.2 Å². The Labute approximate surface area is 106 Å². The molecule has 0 radical (unpaired) electrons. The lowest BCUT2D eigenvalue weighted by Crippen LogP contribution is -2.04. The first-order valence-corrected chi connectivity index (χ1v) is 6.08. The van der Waals surface area contributed by atoms with Gasteiger partial charge in [0.1, 0.15) is 3.70 Å². The zero-order chi connectivity index (χ0) is 8.43. The van der Waals surface area contributed by atoms with Crippen molar-refractivity contribution in [1.29, 1.82) is 0 Å². The van der Waals surface area contributed by atoms with Gasteiger partial charge in [0.2, 0.25) is 0 Å². The Hall–Kier alpha value is 1.36. The molecule has 11 heavy (non-hydrogen) atoms. The minimum Gasteiger partial charge on any atom is -0.330 e. The number of halogens is 3. The van der Waals surface area contributed by atoms with Crippen LogP contribution in [0.5, 0.6) is 0 Å². The van der Waals surface area contributed by atoms with E-state index in [9.17, 15) is 0 Å². The summed E-state index contributed by atoms with van der Waals surface area (Å²) >= 11 is 6.72. The van der Waals surface area contributed by atoms with E-state index in [1.807, 2.05) is 2.78 Å². The second-order valence-corrected chi connectivity index (χ2v) is 4.89. The van der Waals surface area contributed by atoms with Crippen LogP contribution in [0.2, 0.25) is 0 Å². The first kappa shape index (κ1) is 10.4. The number of nitrogens with two attached hydrogens (primary N) is 1. The maximum Gasteiger partial charge on any atom is 0.181 e. The molecule has 6 heteroatoms. The van der Waals surface area contributed by atoms with Gasteiger partial charge in [0.05, 0.1) is 28.6 Å². The summed E-state index contributed by atoms with van der Waals surface area (Å²) in [6.07, 6.45) is 0.865. The Morgan fingerprint density at radius 1 is 1.45 bits per heavy atom. The molecule has 0 aromatic carbocycles. The van der Waals surface area contributed by atoms with Crippen molar-refractivity contribution in [1.82, 2.24) is 7.76 Å². The van der Waals surface area contributed by atoms with Crippen molar-refractivity contribution in [2.45, 2.75) is 6.42 Å². The molecule has 1 heterocycles. The maximum absolute atomic E-state index is 5.43. The Morgan fingerprint density at radius 3 is 2.45 bits per heavy atom. The Kier molecular flexibility index (Phi) is 4.32. The van der Waals surface area contributed by atoms with E-state index in [-0.39, 0.29) is 0 Å². The Bertz CT molecular complexity index is 258. The minimum atomic E-state index is 0.666. The van der Waals surface area contributed by atoms with E-state index in [2.05, 4.69) is 73.0 Å². The van der Waals surface area contributed by atoms with Crippen molar-refractivity contribution in [2.24, 2.45) is 5.73 Å². The SMILES string of the molecule is NCCc1nc(I)n(I)c1I. The van der Waals surface area contributed by atoms with Gasteiger partial charge in [0.25, 0.3) is 0 Å². The zero-order valence-electron chi connectivity index (χ0n) is 5.52. The van der Waals surface area contributed by atoms with E-state index in [0.717, 1.165) is 15.9 Å². The lowest BCUT2D eigenvalue weighted by atomic mass is 10.3. The van der Waals surface area contributed by atoms with Crippen molar-refractivity contribution >= 4 is 68.0 Å². The fourth-order valence-electron chi connectivity index (χ4n) is 0.691. The van der Waals surface area contributed by atoms with E-state index in [1.165, 1.54) is 3.70 Å². The highest BCUT2D eigenvalue weighted by molar-refractivity contribution is 14.1. The molecule has 0 aliphatic rings. The van der Waals surface area contributed by atoms with Crippen LogP contribution in [-0.4, -0.2) is 14.3 Å². The van der Waals surface area contributed by atoms with Gasteiger partial charge in [-0.3, -0.25) is 2.78 Å². The fourth-order valence-corrected chi connectivity index (χ4v) is 2.69. The molecule has 62 valence electrons. The van der Waals surface area contributed by atoms with Crippen LogP contribution in [-0.2, 0) is 6.42 Å². The lowest BCUT2D eigenvalue weighted by Gasteiger charge is -1.92. The third-order valence-electron chi connectivity index (χ3n) is 1.18. The highest BCUT2D eigenvalue weighted by Crippen LogP contribution is 2.18. The van der Waals surface area contributed by atoms with E-state index < -0.39 is 0 Å². The number of aromatic nitrogens is 2. The Morgan fingerprint density at radius 2 is 2.09 bits per heavy atom. The van der Waals surface area contributed by atoms with E-state index in [0.29, 0.717) is 6.54 Å². The number of hydrogen-bond acceptors (Lipinski definition) is 2. The van der Waals surface area contributed by atoms with Gasteiger partial charge in [0.15, 0.2) is 3.83 Å². The third kappa shape index (κ3) is 2.40. The monoisotopic (exact) mass is 489 g/mol. The molecule has 0 bridgehead atoms. The van der Waals surface area contributed by atoms with Crippen LogP contribution in [0.15, 0.2) is 0 Å². The average Bonchev–Trinajstić information content (AvgIpc) is 2.19. The van der Waals surface area contributed by atoms with Gasteiger partial charge < -0.3 is 5.73 Å². The summed E-state index contributed by atoms with van der Waals surface area (Å²) in [5.41, 5.74) is 6.53. The van der Waals surface area contributed by atoms with Gasteiger partial charge in [-0.1, -0.05) is 0 Å². The van der Waals surface area contributed by atoms with Crippen LogP contribution in [0, 0.1) is 7.53 Å². The van der Waals surface area contributed by atoms with Crippen LogP contribution < -0.4 is 5.73 Å². The summed E-state index contributed by atoms with van der Waals surface area (Å²) in [6.45, 7) is 0.666. The van der Waals surface area contributed by atoms with E-state index in [4.69, 9.17) is 5.73 Å². The summed E-state index contributed by atoms with van der Waals surface area (Å²) in [7, 11) is 0. The fraction of sp³-hybridized carbons (Fsp3) is 0.400. The maximum atomic E-state index is 5.43. The highest BCUT2D eigenvalue weighted by atomic mass is 127. The number of hydrogen-bond donors (Lipinski definition) is 1. The molecule has 1 aromatic rings. The largest absolute Gasteiger partial charge is 0.330 e. The summed E-state index contributed by atoms with van der Waals surface area (Å²) < 4.78 is 4.22. The van der Waals surface area contributed by atoms with E-state index >= 15 is 0 Å². The standard InChI is InChI=1S/C5H6I3N3/c6-4-3(1-2-9)10-5(7)11(4)8/h1-2,9H2. The van der Waals surface area contributed by atoms with Gasteiger partial charge >= 0.3 is 0 Å². The zero-order valence-corrected chi connectivity index (χ0v) is 12.0. The average molecular weight is 489 g/mol. The molecule has 0 aliphatic heterocycles. The summed E-state index contributed by atoms with van der Waals surface area (Å²) in [4.78, 5) is 4.35. The first-order valence-electron chi connectivity index (χ1n) is 2.95. The summed E-state index contributed by atoms with van der Waals surface area (Å²) in [5, 5.41) is 0. The molecular formula is C5H6I3N3. The van der Waals surface area contributed by atoms with Crippen LogP contribution in [0.4, 0.5) is 0 Å². The molecule has 0 aliphatic carbocycles. The quantitative estimate of drug-likeness (QED) is 0.645. The molecule has 0 spiro atoms. The Balaban J connectivity index is 2.98. The molecule has 0 fully saturated rings. The molecule has 0 saturated heterocycles. The normalized spacial score (nSPS) is 10.5. The predicted octanol–water partition coefficient (Wildman–Crippen LogP) is 1.79. The summed E-state index contributed by atoms with van der Waals surface area (Å²) in [6, 6.07) is 0. The number of nitrogens with zero attached hydrogens (tertiary/aromatic N) is 2. The number of imidazole rings is 1. The van der Waals surface area contributed by atoms with E-state index in [1.54, 1.807) is 0 Å². The highest BCUT2D eigenvalue weighted by Gasteiger charge is 2.09. The molecular weight excluding hydrogens is 483 g/mol. The molecule has 1 aromatic heterocycles. The van der Waals surface area contributed by atoms with Gasteiger partial charge in [0, 0.05) is 29.0 Å². The van der Waals surface area contributed by atoms with Crippen LogP contribution >= 0.6 is 68.0 Å². The molecule has 0 atom stereocenters. The second kappa shape index (κ2) is 4.56. The predicted molar refractivity (Wildman–Crippen MR) is 69.8 cm³/mol. The lowest BCUT2D eigenvalue weighted by molar-refractivity contribution is 0.926. The molecule has 3 nitrogen and oxygen atoms in total. The molecule has 2 N–H and O–H groups in total. The molecule has 0 amide bonds. The van der Waals surface area contributed by atoms with Crippen molar-refractivity contribution in [2.75, 3.05) is 6.54 Å². The number of rotatable bonds is 2. The van der Waals surface area contributed by atoms with Gasteiger partial charge in [-0.05, 0) is 29.1 Å². The van der Waals surface area contributed by atoms with Crippen molar-refractivity contribution in [3.8, 4) is 0 Å². The first-order chi connectivity index (χ1) is 5.16. The third-order valence-corrected chi connectivity index (χ3v) is 5.80. The van der Waals surface area contributed by atoms with Crippen LogP contribution in [0.3, 0.4) is 0 Å². The molecule has 0 unspecified atom stereocenters. The smallest absolute Gasteiger partial charge is 0.181 e. The van der Waals surface area contributed by atoms with Crippen LogP contribution in [0.25, 0.3) is 0 Å². The van der Waals surface area contributed by atoms with Crippen LogP contribution in [0.1, 0.15) is 5.69 Å². The second-order valence-electron chi connectivity index (χ2n) is 1.94. The topological polar surface area (TPSA) is 43.8 Å². The van der Waals surface area contributed by atoms with Gasteiger partial charge in [-0.2, -0.15) is 0 Å². The minimum absolute atomic E-state index is 0.666.